The van der Waals surface area contributed by atoms with E-state index in [1.165, 1.54) is 40.9 Å². The maximum Gasteiger partial charge on any atom is 0.255 e. The Balaban J connectivity index is 1.78. The van der Waals surface area contributed by atoms with E-state index in [1.54, 1.807) is 6.07 Å². The Bertz CT molecular complexity index is 1120. The maximum absolute atomic E-state index is 13.1. The molecule has 164 valence electrons. The van der Waals surface area contributed by atoms with Gasteiger partial charge in [0, 0.05) is 23.5 Å². The molecule has 1 unspecified atom stereocenters. The number of amides is 2. The molecule has 7 nitrogen and oxygen atoms in total. The second-order valence-corrected chi connectivity index (χ2v) is 10.0. The van der Waals surface area contributed by atoms with Gasteiger partial charge in [0.15, 0.2) is 0 Å². The van der Waals surface area contributed by atoms with E-state index in [0.29, 0.717) is 17.3 Å². The van der Waals surface area contributed by atoms with Gasteiger partial charge in [-0.15, -0.1) is 18.3 Å². The van der Waals surface area contributed by atoms with Gasteiger partial charge in [0.25, 0.3) is 5.91 Å². The van der Waals surface area contributed by atoms with Gasteiger partial charge in [-0.2, -0.15) is 0 Å². The zero-order valence-corrected chi connectivity index (χ0v) is 19.1. The van der Waals surface area contributed by atoms with Gasteiger partial charge < -0.3 is 10.2 Å². The van der Waals surface area contributed by atoms with E-state index < -0.39 is 16.1 Å². The minimum absolute atomic E-state index is 0.0109. The minimum atomic E-state index is -3.76. The number of thioether (sulfide) groups is 1. The van der Waals surface area contributed by atoms with E-state index in [0.717, 1.165) is 11.1 Å². The zero-order valence-electron chi connectivity index (χ0n) is 17.4. The van der Waals surface area contributed by atoms with E-state index in [4.69, 9.17) is 0 Å². The first-order valence-corrected chi connectivity index (χ1v) is 12.3. The van der Waals surface area contributed by atoms with Crippen LogP contribution >= 0.6 is 11.8 Å². The fourth-order valence-corrected chi connectivity index (χ4v) is 5.32. The van der Waals surface area contributed by atoms with Crippen LogP contribution in [-0.4, -0.2) is 49.3 Å². The van der Waals surface area contributed by atoms with E-state index >= 15 is 0 Å². The Hall–Kier alpha value is -2.62. The predicted molar refractivity (Wildman–Crippen MR) is 124 cm³/mol. The molecule has 0 aliphatic carbocycles. The molecule has 0 radical (unpaired) electrons. The number of carbonyl (C=O) groups excluding carboxylic acids is 2. The smallest absolute Gasteiger partial charge is 0.255 e. The Labute approximate surface area is 187 Å². The quantitative estimate of drug-likeness (QED) is 0.621. The number of nitrogens with zero attached hydrogens (tertiary/aromatic N) is 1. The van der Waals surface area contributed by atoms with Crippen molar-refractivity contribution in [1.82, 2.24) is 9.62 Å². The highest BCUT2D eigenvalue weighted by Crippen LogP contribution is 2.25. The average molecular weight is 460 g/mol. The monoisotopic (exact) mass is 459 g/mol. The van der Waals surface area contributed by atoms with Crippen molar-refractivity contribution in [2.45, 2.75) is 24.8 Å². The molecule has 1 heterocycles. The van der Waals surface area contributed by atoms with Crippen molar-refractivity contribution >= 4 is 39.3 Å². The lowest BCUT2D eigenvalue weighted by Crippen LogP contribution is -2.44. The molecule has 1 saturated heterocycles. The van der Waals surface area contributed by atoms with Crippen LogP contribution in [0.25, 0.3) is 0 Å². The first kappa shape index (κ1) is 23.1. The number of anilines is 1. The summed E-state index contributed by atoms with van der Waals surface area (Å²) in [6.07, 6.45) is 1.44. The zero-order chi connectivity index (χ0) is 22.6. The van der Waals surface area contributed by atoms with Crippen molar-refractivity contribution in [2.24, 2.45) is 0 Å². The summed E-state index contributed by atoms with van der Waals surface area (Å²) in [5.74, 6) is 0.181. The van der Waals surface area contributed by atoms with Crippen LogP contribution in [0.5, 0.6) is 0 Å². The molecule has 0 saturated carbocycles. The van der Waals surface area contributed by atoms with Gasteiger partial charge in [-0.25, -0.2) is 13.1 Å². The van der Waals surface area contributed by atoms with Crippen molar-refractivity contribution in [2.75, 3.05) is 23.5 Å². The maximum atomic E-state index is 13.1. The normalized spacial score (nSPS) is 16.2. The van der Waals surface area contributed by atoms with Gasteiger partial charge in [-0.3, -0.25) is 9.59 Å². The molecule has 9 heteroatoms. The number of rotatable bonds is 7. The lowest BCUT2D eigenvalue weighted by atomic mass is 10.1. The highest BCUT2D eigenvalue weighted by Gasteiger charge is 2.35. The van der Waals surface area contributed by atoms with Crippen LogP contribution in [0.3, 0.4) is 0 Å². The molecule has 1 aliphatic heterocycles. The second kappa shape index (κ2) is 9.67. The van der Waals surface area contributed by atoms with Crippen molar-refractivity contribution in [3.63, 3.8) is 0 Å². The van der Waals surface area contributed by atoms with Gasteiger partial charge in [0.05, 0.1) is 10.8 Å². The summed E-state index contributed by atoms with van der Waals surface area (Å²) < 4.78 is 27.1. The number of carbonyl (C=O) groups is 2. The van der Waals surface area contributed by atoms with Crippen LogP contribution in [0, 0.1) is 13.8 Å². The lowest BCUT2D eigenvalue weighted by molar-refractivity contribution is -0.119. The molecule has 1 aliphatic rings. The van der Waals surface area contributed by atoms with E-state index in [9.17, 15) is 18.0 Å². The fourth-order valence-electron chi connectivity index (χ4n) is 3.12. The largest absolute Gasteiger partial charge is 0.324 e. The Kier molecular flexibility index (Phi) is 7.19. The SMILES string of the molecule is C=CCNS(=O)(=O)c1cccc(C(=O)N2CSCC2C(=O)Nc2ccc(C)c(C)c2)c1. The summed E-state index contributed by atoms with van der Waals surface area (Å²) in [5, 5.41) is 2.89. The predicted octanol–water partition coefficient (Wildman–Crippen LogP) is 2.92. The van der Waals surface area contributed by atoms with Gasteiger partial charge in [0.1, 0.15) is 6.04 Å². The summed E-state index contributed by atoms with van der Waals surface area (Å²) >= 11 is 1.48. The number of hydrogen-bond donors (Lipinski definition) is 2. The van der Waals surface area contributed by atoms with Crippen molar-refractivity contribution in [1.29, 1.82) is 0 Å². The molecule has 3 rings (SSSR count). The topological polar surface area (TPSA) is 95.6 Å². The summed E-state index contributed by atoms with van der Waals surface area (Å²) in [6.45, 7) is 7.54. The summed E-state index contributed by atoms with van der Waals surface area (Å²) in [4.78, 5) is 27.4. The van der Waals surface area contributed by atoms with Gasteiger partial charge in [-0.1, -0.05) is 18.2 Å². The third-order valence-corrected chi connectivity index (χ3v) is 7.46. The molecule has 2 N–H and O–H groups in total. The Morgan fingerprint density at radius 2 is 1.97 bits per heavy atom. The second-order valence-electron chi connectivity index (χ2n) is 7.25. The molecular weight excluding hydrogens is 434 g/mol. The summed E-state index contributed by atoms with van der Waals surface area (Å²) in [6, 6.07) is 10.8. The van der Waals surface area contributed by atoms with Crippen LogP contribution in [0.1, 0.15) is 21.5 Å². The molecule has 2 amide bonds. The number of benzene rings is 2. The van der Waals surface area contributed by atoms with Crippen LogP contribution in [0.4, 0.5) is 5.69 Å². The standard InChI is InChI=1S/C22H25N3O4S2/c1-4-10-23-31(28,29)19-7-5-6-17(12-19)22(27)25-14-30-13-20(25)21(26)24-18-9-8-15(2)16(3)11-18/h4-9,11-12,20,23H,1,10,13-14H2,2-3H3,(H,24,26). The number of hydrogen-bond acceptors (Lipinski definition) is 5. The number of aryl methyl sites for hydroxylation is 2. The van der Waals surface area contributed by atoms with Gasteiger partial charge >= 0.3 is 0 Å². The molecule has 2 aromatic carbocycles. The summed E-state index contributed by atoms with van der Waals surface area (Å²) in [5.41, 5.74) is 3.09. The lowest BCUT2D eigenvalue weighted by Gasteiger charge is -2.23. The number of sulfonamides is 1. The molecule has 1 fully saturated rings. The van der Waals surface area contributed by atoms with Gasteiger partial charge in [-0.05, 0) is 55.3 Å². The molecule has 0 spiro atoms. The molecule has 2 aromatic rings. The van der Waals surface area contributed by atoms with Crippen LogP contribution in [-0.2, 0) is 14.8 Å². The first-order chi connectivity index (χ1) is 14.7. The fraction of sp³-hybridized carbons (Fsp3) is 0.273. The highest BCUT2D eigenvalue weighted by molar-refractivity contribution is 7.99. The molecule has 1 atom stereocenters. The van der Waals surface area contributed by atoms with E-state index in [2.05, 4.69) is 16.6 Å². The highest BCUT2D eigenvalue weighted by atomic mass is 32.2. The molecular formula is C22H25N3O4S2. The number of nitrogens with one attached hydrogen (secondary N) is 2. The molecule has 31 heavy (non-hydrogen) atoms. The minimum Gasteiger partial charge on any atom is -0.324 e. The van der Waals surface area contributed by atoms with Crippen molar-refractivity contribution in [3.8, 4) is 0 Å². The molecule has 0 bridgehead atoms. The Morgan fingerprint density at radius 1 is 1.19 bits per heavy atom. The third-order valence-electron chi connectivity index (χ3n) is 5.03. The van der Waals surface area contributed by atoms with Crippen LogP contribution in [0.15, 0.2) is 60.0 Å². The van der Waals surface area contributed by atoms with Crippen LogP contribution < -0.4 is 10.0 Å². The average Bonchev–Trinajstić information content (AvgIpc) is 3.24. The van der Waals surface area contributed by atoms with E-state index in [1.807, 2.05) is 32.0 Å². The Morgan fingerprint density at radius 3 is 2.68 bits per heavy atom. The first-order valence-electron chi connectivity index (χ1n) is 9.70. The van der Waals surface area contributed by atoms with E-state index in [-0.39, 0.29) is 28.8 Å². The van der Waals surface area contributed by atoms with Crippen molar-refractivity contribution < 1.29 is 18.0 Å². The molecule has 0 aromatic heterocycles. The summed E-state index contributed by atoms with van der Waals surface area (Å²) in [7, 11) is -3.76. The van der Waals surface area contributed by atoms with Gasteiger partial charge in [0.2, 0.25) is 15.9 Å². The van der Waals surface area contributed by atoms with Crippen LogP contribution in [0.2, 0.25) is 0 Å². The third kappa shape index (κ3) is 5.36. The van der Waals surface area contributed by atoms with Crippen molar-refractivity contribution in [3.05, 3.63) is 71.8 Å².